The summed E-state index contributed by atoms with van der Waals surface area (Å²) in [4.78, 5) is 0. The van der Waals surface area contributed by atoms with Crippen LogP contribution in [0.4, 0.5) is 5.69 Å². The highest BCUT2D eigenvalue weighted by molar-refractivity contribution is 5.42. The van der Waals surface area contributed by atoms with Gasteiger partial charge in [0.1, 0.15) is 0 Å². The molecule has 2 nitrogen and oxygen atoms in total. The van der Waals surface area contributed by atoms with Crippen molar-refractivity contribution in [1.29, 1.82) is 0 Å². The van der Waals surface area contributed by atoms with Gasteiger partial charge in [0.05, 0.1) is 5.69 Å². The van der Waals surface area contributed by atoms with Gasteiger partial charge in [-0.15, -0.1) is 0 Å². The summed E-state index contributed by atoms with van der Waals surface area (Å²) in [6, 6.07) is 9.74. The molecule has 0 aromatic heterocycles. The number of hydroxylamine groups is 1. The Balaban J connectivity index is 1.98. The average molecular weight is 249 g/mol. The van der Waals surface area contributed by atoms with Crippen LogP contribution in [0.1, 0.15) is 58.3 Å². The Morgan fingerprint density at radius 1 is 0.833 bits per heavy atom. The number of rotatable bonds is 10. The minimum absolute atomic E-state index is 0.735. The second kappa shape index (κ2) is 9.95. The lowest BCUT2D eigenvalue weighted by Crippen LogP contribution is -2.19. The van der Waals surface area contributed by atoms with Gasteiger partial charge in [-0.25, -0.2) is 0 Å². The highest BCUT2D eigenvalue weighted by atomic mass is 16.5. The molecule has 1 aromatic carbocycles. The Bertz CT molecular complexity index is 286. The van der Waals surface area contributed by atoms with Crippen molar-refractivity contribution < 1.29 is 5.21 Å². The van der Waals surface area contributed by atoms with Gasteiger partial charge >= 0.3 is 0 Å². The van der Waals surface area contributed by atoms with E-state index in [9.17, 15) is 5.21 Å². The molecule has 0 atom stereocenters. The van der Waals surface area contributed by atoms with E-state index in [1.54, 1.807) is 0 Å². The Morgan fingerprint density at radius 2 is 1.39 bits per heavy atom. The van der Waals surface area contributed by atoms with E-state index < -0.39 is 0 Å². The van der Waals surface area contributed by atoms with Gasteiger partial charge in [0.25, 0.3) is 0 Å². The van der Waals surface area contributed by atoms with Crippen LogP contribution >= 0.6 is 0 Å². The van der Waals surface area contributed by atoms with Gasteiger partial charge in [-0.3, -0.25) is 10.3 Å². The molecule has 1 N–H and O–H groups in total. The number of benzene rings is 1. The predicted molar refractivity (Wildman–Crippen MR) is 78.2 cm³/mol. The molecule has 0 saturated heterocycles. The summed E-state index contributed by atoms with van der Waals surface area (Å²) >= 11 is 0. The second-order valence-electron chi connectivity index (χ2n) is 4.93. The van der Waals surface area contributed by atoms with Crippen molar-refractivity contribution in [2.24, 2.45) is 0 Å². The molecular formula is C16H27NO. The molecule has 0 bridgehead atoms. The molecule has 0 aliphatic rings. The zero-order valence-electron chi connectivity index (χ0n) is 11.6. The molecule has 1 rings (SSSR count). The molecule has 0 radical (unpaired) electrons. The molecule has 0 unspecified atom stereocenters. The fourth-order valence-electron chi connectivity index (χ4n) is 2.12. The first-order valence-electron chi connectivity index (χ1n) is 7.36. The molecule has 0 aliphatic carbocycles. The van der Waals surface area contributed by atoms with Crippen LogP contribution in [-0.2, 0) is 0 Å². The molecule has 0 fully saturated rings. The first-order chi connectivity index (χ1) is 8.84. The molecule has 0 saturated carbocycles. The maximum absolute atomic E-state index is 9.83. The van der Waals surface area contributed by atoms with E-state index in [4.69, 9.17) is 0 Å². The van der Waals surface area contributed by atoms with Gasteiger partial charge in [-0.05, 0) is 18.6 Å². The zero-order chi connectivity index (χ0) is 13.1. The van der Waals surface area contributed by atoms with Gasteiger partial charge in [0.15, 0.2) is 0 Å². The van der Waals surface area contributed by atoms with Crippen molar-refractivity contribution in [3.63, 3.8) is 0 Å². The second-order valence-corrected chi connectivity index (χ2v) is 4.93. The van der Waals surface area contributed by atoms with Gasteiger partial charge in [-0.1, -0.05) is 70.1 Å². The summed E-state index contributed by atoms with van der Waals surface area (Å²) in [6.45, 7) is 2.98. The molecule has 18 heavy (non-hydrogen) atoms. The lowest BCUT2D eigenvalue weighted by molar-refractivity contribution is 0.251. The van der Waals surface area contributed by atoms with Crippen molar-refractivity contribution in [1.82, 2.24) is 0 Å². The fourth-order valence-corrected chi connectivity index (χ4v) is 2.12. The van der Waals surface area contributed by atoms with Crippen LogP contribution in [0.2, 0.25) is 0 Å². The molecule has 0 heterocycles. The van der Waals surface area contributed by atoms with Crippen molar-refractivity contribution in [2.75, 3.05) is 11.6 Å². The molecule has 2 heteroatoms. The summed E-state index contributed by atoms with van der Waals surface area (Å²) in [6.07, 6.45) is 10.4. The van der Waals surface area contributed by atoms with Crippen molar-refractivity contribution in [2.45, 2.75) is 58.3 Å². The summed E-state index contributed by atoms with van der Waals surface area (Å²) in [7, 11) is 0. The maximum atomic E-state index is 9.83. The lowest BCUT2D eigenvalue weighted by atomic mass is 10.1. The molecule has 1 aromatic rings. The highest BCUT2D eigenvalue weighted by Crippen LogP contribution is 2.13. The van der Waals surface area contributed by atoms with Crippen LogP contribution in [0.15, 0.2) is 30.3 Å². The van der Waals surface area contributed by atoms with Crippen molar-refractivity contribution >= 4 is 5.69 Å². The van der Waals surface area contributed by atoms with Crippen molar-refractivity contribution in [3.05, 3.63) is 30.3 Å². The standard InChI is InChI=1S/C16H27NO/c1-2-3-4-5-6-7-8-12-15-17(18)16-13-10-9-11-14-16/h9-11,13-14,18H,2-8,12,15H2,1H3. The summed E-state index contributed by atoms with van der Waals surface area (Å²) in [5, 5.41) is 11.2. The van der Waals surface area contributed by atoms with E-state index in [2.05, 4.69) is 6.92 Å². The van der Waals surface area contributed by atoms with Crippen LogP contribution < -0.4 is 5.06 Å². The average Bonchev–Trinajstić information content (AvgIpc) is 2.42. The molecule has 0 spiro atoms. The molecular weight excluding hydrogens is 222 g/mol. The van der Waals surface area contributed by atoms with Crippen molar-refractivity contribution in [3.8, 4) is 0 Å². The Hall–Kier alpha value is -1.02. The third-order valence-corrected chi connectivity index (χ3v) is 3.28. The summed E-state index contributed by atoms with van der Waals surface area (Å²) < 4.78 is 0. The zero-order valence-corrected chi connectivity index (χ0v) is 11.6. The molecule has 0 aliphatic heterocycles. The SMILES string of the molecule is CCCCCCCCCCN(O)c1ccccc1. The topological polar surface area (TPSA) is 23.5 Å². The van der Waals surface area contributed by atoms with Gasteiger partial charge < -0.3 is 0 Å². The molecule has 0 amide bonds. The number of anilines is 1. The minimum atomic E-state index is 0.735. The van der Waals surface area contributed by atoms with E-state index in [-0.39, 0.29) is 0 Å². The van der Waals surface area contributed by atoms with Gasteiger partial charge in [-0.2, -0.15) is 0 Å². The largest absolute Gasteiger partial charge is 0.288 e. The van der Waals surface area contributed by atoms with E-state index in [1.165, 1.54) is 50.0 Å². The quantitative estimate of drug-likeness (QED) is 0.465. The molecule has 102 valence electrons. The lowest BCUT2D eigenvalue weighted by Gasteiger charge is -2.16. The third-order valence-electron chi connectivity index (χ3n) is 3.28. The number of nitrogens with zero attached hydrogens (tertiary/aromatic N) is 1. The van der Waals surface area contributed by atoms with E-state index in [1.807, 2.05) is 30.3 Å². The number of hydrogen-bond acceptors (Lipinski definition) is 2. The maximum Gasteiger partial charge on any atom is 0.0634 e. The monoisotopic (exact) mass is 249 g/mol. The number of hydrogen-bond donors (Lipinski definition) is 1. The predicted octanol–water partition coefficient (Wildman–Crippen LogP) is 5.02. The van der Waals surface area contributed by atoms with Crippen LogP contribution in [0.25, 0.3) is 0 Å². The number of unbranched alkanes of at least 4 members (excludes halogenated alkanes) is 7. The summed E-state index contributed by atoms with van der Waals surface area (Å²) in [5.74, 6) is 0. The minimum Gasteiger partial charge on any atom is -0.288 e. The normalized spacial score (nSPS) is 10.6. The van der Waals surface area contributed by atoms with Crippen LogP contribution in [0, 0.1) is 0 Å². The smallest absolute Gasteiger partial charge is 0.0634 e. The third kappa shape index (κ3) is 6.65. The van der Waals surface area contributed by atoms with E-state index in [0.717, 1.165) is 18.7 Å². The first kappa shape index (κ1) is 15.0. The Labute approximate surface area is 112 Å². The van der Waals surface area contributed by atoms with Crippen LogP contribution in [-0.4, -0.2) is 11.8 Å². The highest BCUT2D eigenvalue weighted by Gasteiger charge is 2.00. The van der Waals surface area contributed by atoms with Gasteiger partial charge in [0, 0.05) is 6.54 Å². The van der Waals surface area contributed by atoms with E-state index in [0.29, 0.717) is 0 Å². The van der Waals surface area contributed by atoms with E-state index >= 15 is 0 Å². The van der Waals surface area contributed by atoms with Gasteiger partial charge in [0.2, 0.25) is 0 Å². The Kier molecular flexibility index (Phi) is 8.32. The Morgan fingerprint density at radius 3 is 2.00 bits per heavy atom. The number of para-hydroxylation sites is 1. The first-order valence-corrected chi connectivity index (χ1v) is 7.36. The van der Waals surface area contributed by atoms with Crippen LogP contribution in [0.5, 0.6) is 0 Å². The summed E-state index contributed by atoms with van der Waals surface area (Å²) in [5.41, 5.74) is 0.889. The fraction of sp³-hybridized carbons (Fsp3) is 0.625. The van der Waals surface area contributed by atoms with Crippen LogP contribution in [0.3, 0.4) is 0 Å².